The number of allylic oxidation sites excluding steroid dienone is 1. The standard InChI is InChI=1S/C19H12F2N4O/c20-12-6-4-10(5-7-12)17-16-15(11-2-1-3-13(21)8-11)14(9-22)18(23)26-19(16)25-24-17/h1-8,15H,23H2,(H,24,25)/t15-/m0/s1. The van der Waals surface area contributed by atoms with Crippen molar-refractivity contribution in [3.8, 4) is 23.2 Å². The molecule has 4 rings (SSSR count). The van der Waals surface area contributed by atoms with Crippen molar-refractivity contribution in [2.24, 2.45) is 5.73 Å². The van der Waals surface area contributed by atoms with Gasteiger partial charge in [0.15, 0.2) is 0 Å². The summed E-state index contributed by atoms with van der Waals surface area (Å²) in [6.07, 6.45) is 0. The second-order valence-electron chi connectivity index (χ2n) is 5.80. The number of rotatable bonds is 2. The number of nitriles is 1. The summed E-state index contributed by atoms with van der Waals surface area (Å²) in [6.45, 7) is 0. The zero-order valence-corrected chi connectivity index (χ0v) is 13.3. The van der Waals surface area contributed by atoms with Crippen LogP contribution in [0.2, 0.25) is 0 Å². The molecule has 26 heavy (non-hydrogen) atoms. The van der Waals surface area contributed by atoms with Crippen molar-refractivity contribution < 1.29 is 13.5 Å². The topological polar surface area (TPSA) is 87.7 Å². The molecular formula is C19H12F2N4O. The van der Waals surface area contributed by atoms with Gasteiger partial charge < -0.3 is 10.5 Å². The molecule has 2 heterocycles. The highest BCUT2D eigenvalue weighted by Crippen LogP contribution is 2.45. The van der Waals surface area contributed by atoms with Gasteiger partial charge in [-0.15, -0.1) is 5.10 Å². The molecule has 0 amide bonds. The highest BCUT2D eigenvalue weighted by Gasteiger charge is 2.35. The van der Waals surface area contributed by atoms with Crippen LogP contribution in [0.1, 0.15) is 17.0 Å². The lowest BCUT2D eigenvalue weighted by Gasteiger charge is -2.24. The van der Waals surface area contributed by atoms with Crippen LogP contribution in [0.25, 0.3) is 11.3 Å². The number of H-pyrrole nitrogens is 1. The van der Waals surface area contributed by atoms with Crippen LogP contribution in [0.4, 0.5) is 8.78 Å². The zero-order valence-electron chi connectivity index (χ0n) is 13.3. The third-order valence-electron chi connectivity index (χ3n) is 4.25. The van der Waals surface area contributed by atoms with Crippen LogP contribution in [0, 0.1) is 23.0 Å². The van der Waals surface area contributed by atoms with Crippen molar-refractivity contribution in [2.75, 3.05) is 0 Å². The van der Waals surface area contributed by atoms with Gasteiger partial charge in [-0.3, -0.25) is 5.10 Å². The van der Waals surface area contributed by atoms with Gasteiger partial charge >= 0.3 is 0 Å². The summed E-state index contributed by atoms with van der Waals surface area (Å²) in [5.41, 5.74) is 8.33. The molecule has 1 aliphatic rings. The molecule has 1 aromatic heterocycles. The van der Waals surface area contributed by atoms with Crippen LogP contribution in [-0.2, 0) is 0 Å². The van der Waals surface area contributed by atoms with Crippen molar-refractivity contribution in [1.82, 2.24) is 10.2 Å². The third kappa shape index (κ3) is 2.48. The van der Waals surface area contributed by atoms with Gasteiger partial charge in [0.2, 0.25) is 11.8 Å². The van der Waals surface area contributed by atoms with E-state index in [0.29, 0.717) is 22.4 Å². The molecule has 0 spiro atoms. The molecule has 0 aliphatic carbocycles. The van der Waals surface area contributed by atoms with Gasteiger partial charge in [0.05, 0.1) is 17.2 Å². The third-order valence-corrected chi connectivity index (χ3v) is 4.25. The first-order chi connectivity index (χ1) is 12.6. The highest BCUT2D eigenvalue weighted by atomic mass is 19.1. The van der Waals surface area contributed by atoms with E-state index in [9.17, 15) is 14.0 Å². The van der Waals surface area contributed by atoms with Crippen molar-refractivity contribution in [1.29, 1.82) is 5.26 Å². The Morgan fingerprint density at radius 3 is 2.58 bits per heavy atom. The van der Waals surface area contributed by atoms with Gasteiger partial charge in [0.1, 0.15) is 23.3 Å². The van der Waals surface area contributed by atoms with Gasteiger partial charge in [-0.25, -0.2) is 8.78 Å². The first-order valence-corrected chi connectivity index (χ1v) is 7.75. The minimum absolute atomic E-state index is 0.0774. The number of benzene rings is 2. The molecule has 1 atom stereocenters. The summed E-state index contributed by atoms with van der Waals surface area (Å²) in [4.78, 5) is 0. The Hall–Kier alpha value is -3.66. The van der Waals surface area contributed by atoms with Crippen molar-refractivity contribution >= 4 is 0 Å². The van der Waals surface area contributed by atoms with E-state index in [0.717, 1.165) is 0 Å². The fraction of sp³-hybridized carbons (Fsp3) is 0.0526. The number of hydrogen-bond donors (Lipinski definition) is 2. The Morgan fingerprint density at radius 2 is 1.88 bits per heavy atom. The van der Waals surface area contributed by atoms with Crippen LogP contribution in [-0.4, -0.2) is 10.2 Å². The number of aromatic nitrogens is 2. The van der Waals surface area contributed by atoms with Crippen LogP contribution in [0.3, 0.4) is 0 Å². The van der Waals surface area contributed by atoms with Crippen LogP contribution in [0.5, 0.6) is 5.88 Å². The average Bonchev–Trinajstić information content (AvgIpc) is 3.04. The van der Waals surface area contributed by atoms with Crippen LogP contribution < -0.4 is 10.5 Å². The van der Waals surface area contributed by atoms with Crippen molar-refractivity contribution in [2.45, 2.75) is 5.92 Å². The summed E-state index contributed by atoms with van der Waals surface area (Å²) in [7, 11) is 0. The number of nitrogens with two attached hydrogens (primary N) is 1. The van der Waals surface area contributed by atoms with E-state index in [4.69, 9.17) is 10.5 Å². The van der Waals surface area contributed by atoms with E-state index in [1.807, 2.05) is 6.07 Å². The van der Waals surface area contributed by atoms with Crippen LogP contribution in [0.15, 0.2) is 60.0 Å². The van der Waals surface area contributed by atoms with E-state index in [1.54, 1.807) is 24.3 Å². The predicted molar refractivity (Wildman–Crippen MR) is 89.7 cm³/mol. The van der Waals surface area contributed by atoms with E-state index >= 15 is 0 Å². The van der Waals surface area contributed by atoms with Gasteiger partial charge in [0.25, 0.3) is 0 Å². The Labute approximate surface area is 147 Å². The second-order valence-corrected chi connectivity index (χ2v) is 5.80. The Kier molecular flexibility index (Phi) is 3.66. The SMILES string of the molecule is N#CC1=C(N)Oc2n[nH]c(-c3ccc(F)cc3)c2[C@H]1c1cccc(F)c1. The molecular weight excluding hydrogens is 338 g/mol. The molecule has 0 saturated carbocycles. The quantitative estimate of drug-likeness (QED) is 0.739. The molecule has 7 heteroatoms. The largest absolute Gasteiger partial charge is 0.420 e. The van der Waals surface area contributed by atoms with Gasteiger partial charge in [-0.2, -0.15) is 5.26 Å². The molecule has 3 aromatic rings. The minimum Gasteiger partial charge on any atom is -0.420 e. The van der Waals surface area contributed by atoms with Crippen molar-refractivity contribution in [3.63, 3.8) is 0 Å². The number of nitrogens with zero attached hydrogens (tertiary/aromatic N) is 2. The summed E-state index contributed by atoms with van der Waals surface area (Å²) in [6, 6.07) is 13.8. The Bertz CT molecular complexity index is 1060. The van der Waals surface area contributed by atoms with Gasteiger partial charge in [-0.1, -0.05) is 12.1 Å². The van der Waals surface area contributed by atoms with E-state index in [-0.39, 0.29) is 23.2 Å². The maximum absolute atomic E-state index is 13.8. The zero-order chi connectivity index (χ0) is 18.3. The predicted octanol–water partition coefficient (Wildman–Crippen LogP) is 3.57. The van der Waals surface area contributed by atoms with Crippen molar-refractivity contribution in [3.05, 3.63) is 82.7 Å². The van der Waals surface area contributed by atoms with Crippen LogP contribution >= 0.6 is 0 Å². The number of nitrogens with one attached hydrogen (secondary N) is 1. The maximum Gasteiger partial charge on any atom is 0.244 e. The summed E-state index contributed by atoms with van der Waals surface area (Å²) in [5.74, 6) is -1.33. The highest BCUT2D eigenvalue weighted by molar-refractivity contribution is 5.70. The minimum atomic E-state index is -0.654. The average molecular weight is 350 g/mol. The fourth-order valence-electron chi connectivity index (χ4n) is 3.10. The molecule has 0 bridgehead atoms. The summed E-state index contributed by atoms with van der Waals surface area (Å²) < 4.78 is 32.5. The monoisotopic (exact) mass is 350 g/mol. The molecule has 1 aliphatic heterocycles. The first-order valence-electron chi connectivity index (χ1n) is 7.75. The molecule has 0 fully saturated rings. The maximum atomic E-state index is 13.8. The van der Waals surface area contributed by atoms with E-state index in [2.05, 4.69) is 10.2 Å². The fourth-order valence-corrected chi connectivity index (χ4v) is 3.10. The number of aromatic amines is 1. The molecule has 0 radical (unpaired) electrons. The number of ether oxygens (including phenoxy) is 1. The van der Waals surface area contributed by atoms with E-state index in [1.165, 1.54) is 24.3 Å². The molecule has 3 N–H and O–H groups in total. The first kappa shape index (κ1) is 15.8. The molecule has 0 saturated heterocycles. The Balaban J connectivity index is 1.95. The number of hydrogen-bond acceptors (Lipinski definition) is 4. The summed E-state index contributed by atoms with van der Waals surface area (Å²) in [5, 5.41) is 16.5. The molecule has 5 nitrogen and oxygen atoms in total. The van der Waals surface area contributed by atoms with E-state index < -0.39 is 11.7 Å². The van der Waals surface area contributed by atoms with Gasteiger partial charge in [-0.05, 0) is 42.0 Å². The lowest BCUT2D eigenvalue weighted by atomic mass is 9.83. The van der Waals surface area contributed by atoms with Gasteiger partial charge in [0, 0.05) is 5.56 Å². The number of fused-ring (bicyclic) bond motifs is 1. The normalized spacial score (nSPS) is 16.0. The smallest absolute Gasteiger partial charge is 0.244 e. The second kappa shape index (κ2) is 6.01. The summed E-state index contributed by atoms with van der Waals surface area (Å²) >= 11 is 0. The lowest BCUT2D eigenvalue weighted by Crippen LogP contribution is -2.21. The lowest BCUT2D eigenvalue weighted by molar-refractivity contribution is 0.379. The molecule has 0 unspecified atom stereocenters. The molecule has 128 valence electrons. The number of halogens is 2. The Morgan fingerprint density at radius 1 is 1.12 bits per heavy atom. The molecule has 2 aromatic carbocycles.